The van der Waals surface area contributed by atoms with E-state index in [4.69, 9.17) is 0 Å². The normalized spacial score (nSPS) is 19.8. The van der Waals surface area contributed by atoms with Gasteiger partial charge in [0.2, 0.25) is 0 Å². The van der Waals surface area contributed by atoms with Crippen molar-refractivity contribution in [1.29, 1.82) is 0 Å². The zero-order valence-electron chi connectivity index (χ0n) is 6.67. The molecule has 0 bridgehead atoms. The maximum absolute atomic E-state index is 4.59. The maximum Gasteiger partial charge on any atom is 0.0379 e. The van der Waals surface area contributed by atoms with Crippen LogP contribution in [0.4, 0.5) is 0 Å². The fourth-order valence-corrected chi connectivity index (χ4v) is 1.53. The summed E-state index contributed by atoms with van der Waals surface area (Å²) < 4.78 is 0.230. The van der Waals surface area contributed by atoms with Gasteiger partial charge in [-0.05, 0) is 25.3 Å². The predicted octanol–water partition coefficient (Wildman–Crippen LogP) is 2.91. The molecule has 2 rings (SSSR count). The molecule has 0 N–H and O–H groups in total. The first-order valence-corrected chi connectivity index (χ1v) is 4.45. The number of rotatable bonds is 1. The van der Waals surface area contributed by atoms with Gasteiger partial charge in [-0.2, -0.15) is 12.6 Å². The molecule has 11 heavy (non-hydrogen) atoms. The van der Waals surface area contributed by atoms with Gasteiger partial charge in [0.25, 0.3) is 0 Å². The number of benzene rings is 1. The predicted molar refractivity (Wildman–Crippen MR) is 51.1 cm³/mol. The van der Waals surface area contributed by atoms with Crippen LogP contribution >= 0.6 is 12.6 Å². The Morgan fingerprint density at radius 3 is 2.18 bits per heavy atom. The number of hydrogen-bond acceptors (Lipinski definition) is 1. The van der Waals surface area contributed by atoms with Crippen LogP contribution in [-0.2, 0) is 4.75 Å². The molecule has 1 aromatic carbocycles. The molecule has 0 aliphatic heterocycles. The zero-order chi connectivity index (χ0) is 7.90. The van der Waals surface area contributed by atoms with Gasteiger partial charge in [0.1, 0.15) is 0 Å². The van der Waals surface area contributed by atoms with Crippen LogP contribution in [0.15, 0.2) is 24.3 Å². The van der Waals surface area contributed by atoms with E-state index >= 15 is 0 Å². The quantitative estimate of drug-likeness (QED) is 0.606. The van der Waals surface area contributed by atoms with Crippen molar-refractivity contribution in [3.8, 4) is 0 Å². The summed E-state index contributed by atoms with van der Waals surface area (Å²) in [7, 11) is 0. The molecule has 1 fully saturated rings. The molecule has 0 saturated heterocycles. The van der Waals surface area contributed by atoms with E-state index in [1.165, 1.54) is 24.0 Å². The van der Waals surface area contributed by atoms with Gasteiger partial charge >= 0.3 is 0 Å². The number of hydrogen-bond donors (Lipinski definition) is 1. The van der Waals surface area contributed by atoms with E-state index in [-0.39, 0.29) is 4.75 Å². The average Bonchev–Trinajstić information content (AvgIpc) is 2.70. The number of thiol groups is 1. The summed E-state index contributed by atoms with van der Waals surface area (Å²) in [6, 6.07) is 8.70. The van der Waals surface area contributed by atoms with Gasteiger partial charge in [-0.1, -0.05) is 29.8 Å². The third-order valence-electron chi connectivity index (χ3n) is 2.31. The Hall–Kier alpha value is -0.430. The minimum atomic E-state index is 0.230. The summed E-state index contributed by atoms with van der Waals surface area (Å²) in [4.78, 5) is 0. The van der Waals surface area contributed by atoms with Gasteiger partial charge in [0.15, 0.2) is 0 Å². The molecule has 1 heteroatoms. The Labute approximate surface area is 73.0 Å². The van der Waals surface area contributed by atoms with Crippen LogP contribution in [0.1, 0.15) is 24.0 Å². The molecule has 0 amide bonds. The molecular weight excluding hydrogens is 152 g/mol. The van der Waals surface area contributed by atoms with Gasteiger partial charge in [0, 0.05) is 4.75 Å². The van der Waals surface area contributed by atoms with Crippen molar-refractivity contribution >= 4 is 12.6 Å². The second-order valence-corrected chi connectivity index (χ2v) is 4.25. The van der Waals surface area contributed by atoms with Gasteiger partial charge < -0.3 is 0 Å². The van der Waals surface area contributed by atoms with E-state index in [0.29, 0.717) is 0 Å². The standard InChI is InChI=1S/C10H12S/c1-8-2-4-9(5-3-8)10(11)6-7-10/h2-5,11H,6-7H2,1H3. The van der Waals surface area contributed by atoms with Gasteiger partial charge in [-0.15, -0.1) is 0 Å². The van der Waals surface area contributed by atoms with E-state index in [0.717, 1.165) is 0 Å². The fourth-order valence-electron chi connectivity index (χ4n) is 1.27. The van der Waals surface area contributed by atoms with Crippen molar-refractivity contribution in [2.24, 2.45) is 0 Å². The van der Waals surface area contributed by atoms with Crippen LogP contribution in [-0.4, -0.2) is 0 Å². The van der Waals surface area contributed by atoms with Crippen molar-refractivity contribution in [2.75, 3.05) is 0 Å². The number of aryl methyl sites for hydroxylation is 1. The lowest BCUT2D eigenvalue weighted by Gasteiger charge is -2.06. The molecule has 0 aromatic heterocycles. The lowest BCUT2D eigenvalue weighted by atomic mass is 10.1. The van der Waals surface area contributed by atoms with Crippen molar-refractivity contribution in [3.05, 3.63) is 35.4 Å². The Balaban J connectivity index is 2.33. The molecular formula is C10H12S. The lowest BCUT2D eigenvalue weighted by Crippen LogP contribution is -1.94. The molecule has 1 aliphatic carbocycles. The molecule has 1 aliphatic rings. The van der Waals surface area contributed by atoms with Gasteiger partial charge in [-0.3, -0.25) is 0 Å². The Morgan fingerprint density at radius 2 is 1.73 bits per heavy atom. The van der Waals surface area contributed by atoms with Crippen LogP contribution in [0.5, 0.6) is 0 Å². The fraction of sp³-hybridized carbons (Fsp3) is 0.400. The molecule has 0 atom stereocenters. The van der Waals surface area contributed by atoms with E-state index < -0.39 is 0 Å². The first kappa shape index (κ1) is 7.23. The highest BCUT2D eigenvalue weighted by atomic mass is 32.1. The lowest BCUT2D eigenvalue weighted by molar-refractivity contribution is 1.04. The summed E-state index contributed by atoms with van der Waals surface area (Å²) in [5.74, 6) is 0. The van der Waals surface area contributed by atoms with Crippen molar-refractivity contribution in [3.63, 3.8) is 0 Å². The summed E-state index contributed by atoms with van der Waals surface area (Å²) in [6.45, 7) is 2.11. The van der Waals surface area contributed by atoms with Crippen LogP contribution < -0.4 is 0 Å². The first-order chi connectivity index (χ1) is 5.21. The third kappa shape index (κ3) is 1.30. The van der Waals surface area contributed by atoms with E-state index in [1.807, 2.05) is 0 Å². The molecule has 1 saturated carbocycles. The van der Waals surface area contributed by atoms with E-state index in [9.17, 15) is 0 Å². The van der Waals surface area contributed by atoms with Crippen molar-refractivity contribution in [1.82, 2.24) is 0 Å². The Kier molecular flexibility index (Phi) is 1.50. The summed E-state index contributed by atoms with van der Waals surface area (Å²) in [5.41, 5.74) is 2.71. The second-order valence-electron chi connectivity index (χ2n) is 3.40. The molecule has 0 nitrogen and oxygen atoms in total. The average molecular weight is 164 g/mol. The minimum absolute atomic E-state index is 0.230. The Bertz CT molecular complexity index is 257. The maximum atomic E-state index is 4.59. The summed E-state index contributed by atoms with van der Waals surface area (Å²) in [6.07, 6.45) is 2.47. The van der Waals surface area contributed by atoms with Crippen molar-refractivity contribution in [2.45, 2.75) is 24.5 Å². The minimum Gasteiger partial charge on any atom is -0.168 e. The van der Waals surface area contributed by atoms with Crippen LogP contribution in [0.2, 0.25) is 0 Å². The molecule has 58 valence electrons. The highest BCUT2D eigenvalue weighted by Gasteiger charge is 2.40. The summed E-state index contributed by atoms with van der Waals surface area (Å²) >= 11 is 4.59. The van der Waals surface area contributed by atoms with Crippen molar-refractivity contribution < 1.29 is 0 Å². The highest BCUT2D eigenvalue weighted by molar-refractivity contribution is 7.81. The zero-order valence-corrected chi connectivity index (χ0v) is 7.57. The van der Waals surface area contributed by atoms with E-state index in [2.05, 4.69) is 43.8 Å². The molecule has 0 heterocycles. The van der Waals surface area contributed by atoms with Gasteiger partial charge in [-0.25, -0.2) is 0 Å². The van der Waals surface area contributed by atoms with E-state index in [1.54, 1.807) is 0 Å². The highest BCUT2D eigenvalue weighted by Crippen LogP contribution is 2.51. The monoisotopic (exact) mass is 164 g/mol. The topological polar surface area (TPSA) is 0 Å². The molecule has 0 radical (unpaired) electrons. The largest absolute Gasteiger partial charge is 0.168 e. The smallest absolute Gasteiger partial charge is 0.0379 e. The van der Waals surface area contributed by atoms with Crippen LogP contribution in [0.25, 0.3) is 0 Å². The Morgan fingerprint density at radius 1 is 1.18 bits per heavy atom. The van der Waals surface area contributed by atoms with Gasteiger partial charge in [0.05, 0.1) is 0 Å². The first-order valence-electron chi connectivity index (χ1n) is 4.00. The molecule has 0 spiro atoms. The molecule has 0 unspecified atom stereocenters. The van der Waals surface area contributed by atoms with Crippen LogP contribution in [0.3, 0.4) is 0 Å². The third-order valence-corrected chi connectivity index (χ3v) is 3.02. The van der Waals surface area contributed by atoms with Crippen LogP contribution in [0, 0.1) is 6.92 Å². The second kappa shape index (κ2) is 2.28. The summed E-state index contributed by atoms with van der Waals surface area (Å²) in [5, 5.41) is 0. The SMILES string of the molecule is Cc1ccc(C2(S)CC2)cc1. The molecule has 1 aromatic rings.